The molecular formula is C20H25N3O2. The zero-order valence-electron chi connectivity index (χ0n) is 14.7. The third kappa shape index (κ3) is 6.30. The molecule has 0 saturated carbocycles. The minimum atomic E-state index is -0.315. The summed E-state index contributed by atoms with van der Waals surface area (Å²) in [6, 6.07) is 17.0. The molecule has 132 valence electrons. The van der Waals surface area contributed by atoms with Crippen LogP contribution in [0.3, 0.4) is 0 Å². The summed E-state index contributed by atoms with van der Waals surface area (Å²) in [6.07, 6.45) is 1.06. The molecule has 3 amide bonds. The predicted molar refractivity (Wildman–Crippen MR) is 100 cm³/mol. The molecule has 0 aliphatic carbocycles. The van der Waals surface area contributed by atoms with Gasteiger partial charge < -0.3 is 16.0 Å². The van der Waals surface area contributed by atoms with E-state index in [0.29, 0.717) is 0 Å². The third-order valence-corrected chi connectivity index (χ3v) is 3.89. The summed E-state index contributed by atoms with van der Waals surface area (Å²) < 4.78 is 0. The van der Waals surface area contributed by atoms with E-state index in [4.69, 9.17) is 0 Å². The van der Waals surface area contributed by atoms with Crippen LogP contribution in [0.2, 0.25) is 0 Å². The highest BCUT2D eigenvalue weighted by Crippen LogP contribution is 2.17. The Morgan fingerprint density at radius 3 is 2.32 bits per heavy atom. The van der Waals surface area contributed by atoms with E-state index in [2.05, 4.69) is 16.0 Å². The summed E-state index contributed by atoms with van der Waals surface area (Å²) in [4.78, 5) is 23.9. The molecule has 0 aliphatic heterocycles. The fourth-order valence-corrected chi connectivity index (χ4v) is 2.47. The van der Waals surface area contributed by atoms with E-state index in [1.165, 1.54) is 5.56 Å². The van der Waals surface area contributed by atoms with E-state index in [1.807, 2.05) is 56.3 Å². The van der Waals surface area contributed by atoms with Gasteiger partial charge in [0.05, 0.1) is 6.04 Å². The van der Waals surface area contributed by atoms with E-state index in [0.717, 1.165) is 17.7 Å². The standard InChI is InChI=1S/C20H25N3O2/c1-3-18(16-11-9-15(2)10-12-16)23-19(24)13-14-21-20(25)22-17-7-5-4-6-8-17/h4-12,18H,3,13-14H2,1-2H3,(H,23,24)(H2,21,22,25)/t18-/m1/s1. The monoisotopic (exact) mass is 339 g/mol. The summed E-state index contributed by atoms with van der Waals surface area (Å²) in [7, 11) is 0. The van der Waals surface area contributed by atoms with Gasteiger partial charge in [-0.05, 0) is 31.0 Å². The number of amides is 3. The molecule has 3 N–H and O–H groups in total. The number of hydrogen-bond acceptors (Lipinski definition) is 2. The van der Waals surface area contributed by atoms with Gasteiger partial charge >= 0.3 is 6.03 Å². The number of carbonyl (C=O) groups is 2. The molecule has 0 fully saturated rings. The zero-order valence-corrected chi connectivity index (χ0v) is 14.7. The van der Waals surface area contributed by atoms with Gasteiger partial charge in [-0.2, -0.15) is 0 Å². The molecule has 5 heteroatoms. The Morgan fingerprint density at radius 1 is 1.00 bits per heavy atom. The largest absolute Gasteiger partial charge is 0.349 e. The maximum atomic E-state index is 12.1. The first-order valence-corrected chi connectivity index (χ1v) is 8.54. The fourth-order valence-electron chi connectivity index (χ4n) is 2.47. The van der Waals surface area contributed by atoms with Gasteiger partial charge in [0.15, 0.2) is 0 Å². The lowest BCUT2D eigenvalue weighted by Gasteiger charge is -2.18. The summed E-state index contributed by atoms with van der Waals surface area (Å²) >= 11 is 0. The van der Waals surface area contributed by atoms with Crippen LogP contribution >= 0.6 is 0 Å². The average Bonchev–Trinajstić information content (AvgIpc) is 2.61. The molecule has 1 atom stereocenters. The molecule has 0 heterocycles. The molecule has 2 aromatic rings. The lowest BCUT2D eigenvalue weighted by atomic mass is 10.0. The molecule has 2 aromatic carbocycles. The molecule has 0 spiro atoms. The predicted octanol–water partition coefficient (Wildman–Crippen LogP) is 3.77. The number of nitrogens with one attached hydrogen (secondary N) is 3. The second-order valence-corrected chi connectivity index (χ2v) is 5.94. The molecule has 0 aliphatic rings. The van der Waals surface area contributed by atoms with Gasteiger partial charge in [-0.15, -0.1) is 0 Å². The zero-order chi connectivity index (χ0) is 18.1. The van der Waals surface area contributed by atoms with Gasteiger partial charge in [0, 0.05) is 18.7 Å². The maximum absolute atomic E-state index is 12.1. The normalized spacial score (nSPS) is 11.4. The molecule has 0 unspecified atom stereocenters. The number of carbonyl (C=O) groups excluding carboxylic acids is 2. The quantitative estimate of drug-likeness (QED) is 0.718. The van der Waals surface area contributed by atoms with Crippen molar-refractivity contribution < 1.29 is 9.59 Å². The minimum absolute atomic E-state index is 0.00811. The average molecular weight is 339 g/mol. The maximum Gasteiger partial charge on any atom is 0.319 e. The number of benzene rings is 2. The highest BCUT2D eigenvalue weighted by Gasteiger charge is 2.12. The summed E-state index contributed by atoms with van der Waals surface area (Å²) in [5.74, 6) is -0.0764. The summed E-state index contributed by atoms with van der Waals surface area (Å²) in [6.45, 7) is 4.36. The Hall–Kier alpha value is -2.82. The Labute approximate surface area is 148 Å². The van der Waals surface area contributed by atoms with Gasteiger partial charge in [0.25, 0.3) is 0 Å². The van der Waals surface area contributed by atoms with Crippen molar-refractivity contribution in [3.05, 3.63) is 65.7 Å². The first-order valence-electron chi connectivity index (χ1n) is 8.54. The van der Waals surface area contributed by atoms with E-state index in [9.17, 15) is 9.59 Å². The van der Waals surface area contributed by atoms with Crippen molar-refractivity contribution in [3.8, 4) is 0 Å². The van der Waals surface area contributed by atoms with Crippen molar-refractivity contribution in [1.82, 2.24) is 10.6 Å². The van der Waals surface area contributed by atoms with Crippen LogP contribution in [0, 0.1) is 6.92 Å². The first kappa shape index (κ1) is 18.5. The van der Waals surface area contributed by atoms with Crippen molar-refractivity contribution >= 4 is 17.6 Å². The van der Waals surface area contributed by atoms with Crippen LogP contribution in [-0.2, 0) is 4.79 Å². The van der Waals surface area contributed by atoms with E-state index in [1.54, 1.807) is 12.1 Å². The first-order chi connectivity index (χ1) is 12.1. The van der Waals surface area contributed by atoms with Gasteiger partial charge in [0.2, 0.25) is 5.91 Å². The molecule has 0 aromatic heterocycles. The lowest BCUT2D eigenvalue weighted by Crippen LogP contribution is -2.34. The van der Waals surface area contributed by atoms with Crippen molar-refractivity contribution in [2.45, 2.75) is 32.7 Å². The highest BCUT2D eigenvalue weighted by atomic mass is 16.2. The van der Waals surface area contributed by atoms with Crippen molar-refractivity contribution in [2.75, 3.05) is 11.9 Å². The van der Waals surface area contributed by atoms with Crippen LogP contribution in [0.15, 0.2) is 54.6 Å². The van der Waals surface area contributed by atoms with Gasteiger partial charge in [-0.3, -0.25) is 4.79 Å². The van der Waals surface area contributed by atoms with Crippen LogP contribution in [0.4, 0.5) is 10.5 Å². The van der Waals surface area contributed by atoms with Crippen molar-refractivity contribution in [2.24, 2.45) is 0 Å². The molecule has 2 rings (SSSR count). The SMILES string of the molecule is CC[C@@H](NC(=O)CCNC(=O)Nc1ccccc1)c1ccc(C)cc1. The Morgan fingerprint density at radius 2 is 1.68 bits per heavy atom. The summed E-state index contributed by atoms with van der Waals surface area (Å²) in [5.41, 5.74) is 3.00. The van der Waals surface area contributed by atoms with Gasteiger partial charge in [-0.1, -0.05) is 55.0 Å². The molecule has 0 radical (unpaired) electrons. The molecule has 0 saturated heterocycles. The van der Waals surface area contributed by atoms with E-state index in [-0.39, 0.29) is 30.9 Å². The Balaban J connectivity index is 1.74. The number of anilines is 1. The Bertz CT molecular complexity index is 684. The number of aryl methyl sites for hydroxylation is 1. The second kappa shape index (κ2) is 9.47. The number of hydrogen-bond donors (Lipinski definition) is 3. The summed E-state index contributed by atoms with van der Waals surface area (Å²) in [5, 5.41) is 8.42. The highest BCUT2D eigenvalue weighted by molar-refractivity contribution is 5.89. The second-order valence-electron chi connectivity index (χ2n) is 5.94. The minimum Gasteiger partial charge on any atom is -0.349 e. The molecule has 5 nitrogen and oxygen atoms in total. The molecule has 25 heavy (non-hydrogen) atoms. The fraction of sp³-hybridized carbons (Fsp3) is 0.300. The van der Waals surface area contributed by atoms with Gasteiger partial charge in [-0.25, -0.2) is 4.79 Å². The van der Waals surface area contributed by atoms with Crippen LogP contribution in [0.1, 0.15) is 36.9 Å². The number of para-hydroxylation sites is 1. The van der Waals surface area contributed by atoms with Crippen LogP contribution in [0.25, 0.3) is 0 Å². The van der Waals surface area contributed by atoms with Crippen molar-refractivity contribution in [3.63, 3.8) is 0 Å². The topological polar surface area (TPSA) is 70.2 Å². The molecule has 0 bridgehead atoms. The number of rotatable bonds is 7. The van der Waals surface area contributed by atoms with Crippen molar-refractivity contribution in [1.29, 1.82) is 0 Å². The third-order valence-electron chi connectivity index (χ3n) is 3.89. The van der Waals surface area contributed by atoms with Crippen LogP contribution in [0.5, 0.6) is 0 Å². The van der Waals surface area contributed by atoms with E-state index >= 15 is 0 Å². The smallest absolute Gasteiger partial charge is 0.319 e. The van der Waals surface area contributed by atoms with Crippen LogP contribution < -0.4 is 16.0 Å². The lowest BCUT2D eigenvalue weighted by molar-refractivity contribution is -0.121. The van der Waals surface area contributed by atoms with Crippen LogP contribution in [-0.4, -0.2) is 18.5 Å². The van der Waals surface area contributed by atoms with Gasteiger partial charge in [0.1, 0.15) is 0 Å². The van der Waals surface area contributed by atoms with E-state index < -0.39 is 0 Å². The number of urea groups is 1. The Kier molecular flexibility index (Phi) is 7.01. The molecular weight excluding hydrogens is 314 g/mol.